The largest absolute Gasteiger partial charge is 0.487 e. The maximum Gasteiger partial charge on any atom is 0.293 e. The standard InChI is InChI=1S/C21H19ClN2O5S/c1-13(2)11-23-20(25)19(30-21(23)26)10-15-5-8-18(17(22)9-15)29-12-14-3-6-16(7-4-14)24(27)28/h3-10,13H,11-12H2,1-2H3/b19-10-. The van der Waals surface area contributed by atoms with Crippen molar-refractivity contribution < 1.29 is 19.2 Å². The average molecular weight is 447 g/mol. The molecule has 2 aromatic carbocycles. The molecule has 3 rings (SSSR count). The van der Waals surface area contributed by atoms with Crippen molar-refractivity contribution in [2.24, 2.45) is 5.92 Å². The number of amides is 2. The van der Waals surface area contributed by atoms with Crippen LogP contribution in [0, 0.1) is 16.0 Å². The van der Waals surface area contributed by atoms with Gasteiger partial charge in [0.25, 0.3) is 16.8 Å². The quantitative estimate of drug-likeness (QED) is 0.316. The summed E-state index contributed by atoms with van der Waals surface area (Å²) in [5.41, 5.74) is 1.45. The van der Waals surface area contributed by atoms with Crippen molar-refractivity contribution in [1.82, 2.24) is 4.90 Å². The minimum Gasteiger partial charge on any atom is -0.487 e. The Kier molecular flexibility index (Phi) is 6.79. The molecule has 1 fully saturated rings. The number of nitrogens with zero attached hydrogens (tertiary/aromatic N) is 2. The summed E-state index contributed by atoms with van der Waals surface area (Å²) < 4.78 is 5.69. The van der Waals surface area contributed by atoms with Gasteiger partial charge in [0.05, 0.1) is 14.9 Å². The van der Waals surface area contributed by atoms with Crippen LogP contribution < -0.4 is 4.74 Å². The van der Waals surface area contributed by atoms with E-state index in [1.165, 1.54) is 17.0 Å². The van der Waals surface area contributed by atoms with Gasteiger partial charge in [0.15, 0.2) is 0 Å². The van der Waals surface area contributed by atoms with E-state index in [0.29, 0.717) is 27.8 Å². The Hall–Kier alpha value is -2.84. The molecule has 1 aliphatic heterocycles. The van der Waals surface area contributed by atoms with Gasteiger partial charge in [0.1, 0.15) is 12.4 Å². The highest BCUT2D eigenvalue weighted by molar-refractivity contribution is 8.18. The van der Waals surface area contributed by atoms with E-state index in [9.17, 15) is 19.7 Å². The average Bonchev–Trinajstić information content (AvgIpc) is 2.94. The molecule has 2 amide bonds. The van der Waals surface area contributed by atoms with Crippen molar-refractivity contribution in [3.05, 3.63) is 73.6 Å². The summed E-state index contributed by atoms with van der Waals surface area (Å²) in [4.78, 5) is 36.4. The highest BCUT2D eigenvalue weighted by Crippen LogP contribution is 2.34. The summed E-state index contributed by atoms with van der Waals surface area (Å²) in [6.45, 7) is 4.48. The Morgan fingerprint density at radius 2 is 1.90 bits per heavy atom. The van der Waals surface area contributed by atoms with E-state index in [4.69, 9.17) is 16.3 Å². The van der Waals surface area contributed by atoms with Crippen LogP contribution >= 0.6 is 23.4 Å². The van der Waals surface area contributed by atoms with E-state index in [1.807, 2.05) is 13.8 Å². The van der Waals surface area contributed by atoms with Gasteiger partial charge in [0.2, 0.25) is 0 Å². The maximum atomic E-state index is 12.4. The second-order valence-electron chi connectivity index (χ2n) is 7.09. The van der Waals surface area contributed by atoms with Gasteiger partial charge in [-0.25, -0.2) is 0 Å². The van der Waals surface area contributed by atoms with Gasteiger partial charge in [-0.3, -0.25) is 24.6 Å². The molecule has 0 unspecified atom stereocenters. The van der Waals surface area contributed by atoms with Crippen molar-refractivity contribution in [2.45, 2.75) is 20.5 Å². The number of non-ortho nitro benzene ring substituents is 1. The van der Waals surface area contributed by atoms with Gasteiger partial charge in [0, 0.05) is 18.7 Å². The Morgan fingerprint density at radius 3 is 2.50 bits per heavy atom. The van der Waals surface area contributed by atoms with Crippen molar-refractivity contribution >= 4 is 46.3 Å². The molecule has 0 radical (unpaired) electrons. The van der Waals surface area contributed by atoms with E-state index < -0.39 is 4.92 Å². The first-order valence-corrected chi connectivity index (χ1v) is 10.3. The molecule has 2 aromatic rings. The third-order valence-corrected chi connectivity index (χ3v) is 5.42. The molecule has 1 heterocycles. The molecule has 30 heavy (non-hydrogen) atoms. The van der Waals surface area contributed by atoms with Crippen LogP contribution in [0.3, 0.4) is 0 Å². The molecule has 9 heteroatoms. The lowest BCUT2D eigenvalue weighted by atomic mass is 10.2. The molecule has 1 aliphatic rings. The van der Waals surface area contributed by atoms with Crippen molar-refractivity contribution in [2.75, 3.05) is 6.54 Å². The molecule has 0 spiro atoms. The minimum atomic E-state index is -0.461. The highest BCUT2D eigenvalue weighted by Gasteiger charge is 2.35. The van der Waals surface area contributed by atoms with Gasteiger partial charge in [-0.2, -0.15) is 0 Å². The number of imide groups is 1. The Balaban J connectivity index is 1.68. The van der Waals surface area contributed by atoms with Crippen molar-refractivity contribution in [3.8, 4) is 5.75 Å². The molecule has 0 saturated carbocycles. The Bertz CT molecular complexity index is 1020. The predicted octanol–water partition coefficient (Wildman–Crippen LogP) is 5.52. The normalized spacial score (nSPS) is 15.3. The van der Waals surface area contributed by atoms with Gasteiger partial charge >= 0.3 is 0 Å². The van der Waals surface area contributed by atoms with Crippen LogP contribution in [-0.4, -0.2) is 27.5 Å². The zero-order valence-electron chi connectivity index (χ0n) is 16.3. The third-order valence-electron chi connectivity index (χ3n) is 4.22. The molecule has 0 atom stereocenters. The topological polar surface area (TPSA) is 89.8 Å². The van der Waals surface area contributed by atoms with Gasteiger partial charge in [-0.15, -0.1) is 0 Å². The first-order chi connectivity index (χ1) is 14.2. The van der Waals surface area contributed by atoms with E-state index in [2.05, 4.69) is 0 Å². The molecule has 0 aromatic heterocycles. The fourth-order valence-electron chi connectivity index (χ4n) is 2.77. The summed E-state index contributed by atoms with van der Waals surface area (Å²) in [7, 11) is 0. The maximum absolute atomic E-state index is 12.4. The van der Waals surface area contributed by atoms with Crippen molar-refractivity contribution in [1.29, 1.82) is 0 Å². The second kappa shape index (κ2) is 9.32. The first-order valence-electron chi connectivity index (χ1n) is 9.15. The number of carbonyl (C=O) groups excluding carboxylic acids is 2. The summed E-state index contributed by atoms with van der Waals surface area (Å²) >= 11 is 7.21. The first kappa shape index (κ1) is 21.9. The minimum absolute atomic E-state index is 0.0129. The smallest absolute Gasteiger partial charge is 0.293 e. The second-order valence-corrected chi connectivity index (χ2v) is 8.49. The van der Waals surface area contributed by atoms with E-state index in [-0.39, 0.29) is 29.4 Å². The number of carbonyl (C=O) groups is 2. The summed E-state index contributed by atoms with van der Waals surface area (Å²) in [6.07, 6.45) is 1.64. The third kappa shape index (κ3) is 5.20. The predicted molar refractivity (Wildman–Crippen MR) is 116 cm³/mol. The van der Waals surface area contributed by atoms with Crippen molar-refractivity contribution in [3.63, 3.8) is 0 Å². The molecule has 0 aliphatic carbocycles. The van der Waals surface area contributed by atoms with Crippen LogP contribution in [0.25, 0.3) is 6.08 Å². The van der Waals surface area contributed by atoms with Crippen LogP contribution in [0.15, 0.2) is 47.4 Å². The molecular formula is C21H19ClN2O5S. The van der Waals surface area contributed by atoms with Crippen LogP contribution in [-0.2, 0) is 11.4 Å². The fourth-order valence-corrected chi connectivity index (χ4v) is 3.86. The summed E-state index contributed by atoms with van der Waals surface area (Å²) in [5, 5.41) is 10.8. The number of hydrogen-bond acceptors (Lipinski definition) is 6. The molecular weight excluding hydrogens is 428 g/mol. The lowest BCUT2D eigenvalue weighted by Crippen LogP contribution is -2.31. The molecule has 0 bridgehead atoms. The molecule has 0 N–H and O–H groups in total. The molecule has 156 valence electrons. The fraction of sp³-hybridized carbons (Fsp3) is 0.238. The lowest BCUT2D eigenvalue weighted by molar-refractivity contribution is -0.384. The highest BCUT2D eigenvalue weighted by atomic mass is 35.5. The van der Waals surface area contributed by atoms with Crippen LogP contribution in [0.5, 0.6) is 5.75 Å². The van der Waals surface area contributed by atoms with Crippen LogP contribution in [0.1, 0.15) is 25.0 Å². The lowest BCUT2D eigenvalue weighted by Gasteiger charge is -2.14. The Morgan fingerprint density at radius 1 is 1.20 bits per heavy atom. The zero-order chi connectivity index (χ0) is 21.8. The summed E-state index contributed by atoms with van der Waals surface area (Å²) in [5.74, 6) is 0.341. The van der Waals surface area contributed by atoms with Gasteiger partial charge < -0.3 is 4.74 Å². The number of nitro benzene ring substituents is 1. The number of halogens is 1. The van der Waals surface area contributed by atoms with E-state index >= 15 is 0 Å². The zero-order valence-corrected chi connectivity index (χ0v) is 17.9. The van der Waals surface area contributed by atoms with Gasteiger partial charge in [-0.05, 0) is 59.1 Å². The molecule has 7 nitrogen and oxygen atoms in total. The molecule has 1 saturated heterocycles. The van der Waals surface area contributed by atoms with E-state index in [0.717, 1.165) is 17.3 Å². The number of thioether (sulfide) groups is 1. The van der Waals surface area contributed by atoms with E-state index in [1.54, 1.807) is 36.4 Å². The monoisotopic (exact) mass is 446 g/mol. The van der Waals surface area contributed by atoms with Crippen LogP contribution in [0.4, 0.5) is 10.5 Å². The SMILES string of the molecule is CC(C)CN1C(=O)S/C(=C\c2ccc(OCc3ccc([N+](=O)[O-])cc3)c(Cl)c2)C1=O. The Labute approximate surface area is 182 Å². The van der Waals surface area contributed by atoms with Gasteiger partial charge in [-0.1, -0.05) is 31.5 Å². The number of rotatable bonds is 7. The number of benzene rings is 2. The van der Waals surface area contributed by atoms with Crippen LogP contribution in [0.2, 0.25) is 5.02 Å². The number of ether oxygens (including phenoxy) is 1. The number of nitro groups is 1. The number of hydrogen-bond donors (Lipinski definition) is 0. The summed E-state index contributed by atoms with van der Waals surface area (Å²) in [6, 6.07) is 11.1.